The minimum absolute atomic E-state index is 0. The van der Waals surface area contributed by atoms with Gasteiger partial charge < -0.3 is 15.2 Å². The number of benzene rings is 1. The van der Waals surface area contributed by atoms with Crippen LogP contribution in [0.15, 0.2) is 23.1 Å². The molecular formula is C17H27ClN2O5S. The topological polar surface area (TPSA) is 108 Å². The number of carbonyl (C=O) groups excluding carboxylic acids is 1. The van der Waals surface area contributed by atoms with Crippen LogP contribution in [0.2, 0.25) is 0 Å². The van der Waals surface area contributed by atoms with Crippen LogP contribution in [0.5, 0.6) is 5.75 Å². The highest BCUT2D eigenvalue weighted by atomic mass is 35.5. The van der Waals surface area contributed by atoms with Gasteiger partial charge in [-0.3, -0.25) is 0 Å². The zero-order chi connectivity index (χ0) is 18.7. The van der Waals surface area contributed by atoms with Crippen LogP contribution in [0.4, 0.5) is 0 Å². The number of hydrogen-bond acceptors (Lipinski definition) is 6. The van der Waals surface area contributed by atoms with E-state index < -0.39 is 21.5 Å². The molecule has 0 amide bonds. The van der Waals surface area contributed by atoms with Crippen molar-refractivity contribution in [1.29, 1.82) is 0 Å². The summed E-state index contributed by atoms with van der Waals surface area (Å²) in [5.74, 6) is -0.332. The van der Waals surface area contributed by atoms with Crippen LogP contribution in [-0.4, -0.2) is 40.7 Å². The Labute approximate surface area is 161 Å². The fourth-order valence-corrected chi connectivity index (χ4v) is 5.05. The van der Waals surface area contributed by atoms with Crippen LogP contribution in [0.1, 0.15) is 43.0 Å². The Bertz CT molecular complexity index is 741. The minimum Gasteiger partial charge on any atom is -0.495 e. The van der Waals surface area contributed by atoms with E-state index in [1.165, 1.54) is 32.4 Å². The Kier molecular flexibility index (Phi) is 7.88. The molecule has 3 N–H and O–H groups in total. The van der Waals surface area contributed by atoms with E-state index in [0.717, 1.165) is 19.3 Å². The minimum atomic E-state index is -3.86. The zero-order valence-electron chi connectivity index (χ0n) is 15.3. The highest BCUT2D eigenvalue weighted by molar-refractivity contribution is 7.89. The van der Waals surface area contributed by atoms with E-state index in [-0.39, 0.29) is 41.1 Å². The molecule has 0 aromatic heterocycles. The Hall–Kier alpha value is -1.35. The molecule has 2 rings (SSSR count). The van der Waals surface area contributed by atoms with Gasteiger partial charge in [0.05, 0.1) is 19.8 Å². The molecule has 1 aliphatic rings. The maximum atomic E-state index is 13.0. The fraction of sp³-hybridized carbons (Fsp3) is 0.588. The Morgan fingerprint density at radius 1 is 1.35 bits per heavy atom. The van der Waals surface area contributed by atoms with Gasteiger partial charge in [-0.1, -0.05) is 19.8 Å². The summed E-state index contributed by atoms with van der Waals surface area (Å²) >= 11 is 0. The molecule has 0 aliphatic heterocycles. The van der Waals surface area contributed by atoms with Crippen molar-refractivity contribution in [2.24, 2.45) is 11.7 Å². The summed E-state index contributed by atoms with van der Waals surface area (Å²) in [6, 6.07) is 4.12. The number of nitrogens with two attached hydrogens (primary N) is 1. The molecule has 2 unspecified atom stereocenters. The van der Waals surface area contributed by atoms with Gasteiger partial charge in [0.2, 0.25) is 10.0 Å². The van der Waals surface area contributed by atoms with E-state index in [1.807, 2.05) is 6.92 Å². The quantitative estimate of drug-likeness (QED) is 0.700. The lowest BCUT2D eigenvalue weighted by atomic mass is 9.74. The van der Waals surface area contributed by atoms with E-state index in [0.29, 0.717) is 6.42 Å². The third-order valence-corrected chi connectivity index (χ3v) is 6.62. The van der Waals surface area contributed by atoms with Crippen LogP contribution >= 0.6 is 12.4 Å². The van der Waals surface area contributed by atoms with Crippen molar-refractivity contribution in [2.45, 2.75) is 43.0 Å². The first-order valence-electron chi connectivity index (χ1n) is 8.30. The lowest BCUT2D eigenvalue weighted by molar-refractivity contribution is 0.0600. The van der Waals surface area contributed by atoms with Crippen molar-refractivity contribution in [3.63, 3.8) is 0 Å². The molecule has 0 heterocycles. The maximum Gasteiger partial charge on any atom is 0.337 e. The SMILES string of the molecule is COC(=O)c1ccc(S(=O)(=O)NC2(CN)CCCCC2C)c(OC)c1.Cl. The van der Waals surface area contributed by atoms with Gasteiger partial charge in [-0.15, -0.1) is 12.4 Å². The third kappa shape index (κ3) is 4.49. The molecule has 9 heteroatoms. The van der Waals surface area contributed by atoms with Crippen molar-refractivity contribution in [3.05, 3.63) is 23.8 Å². The molecular weight excluding hydrogens is 380 g/mol. The summed E-state index contributed by atoms with van der Waals surface area (Å²) in [6.07, 6.45) is 3.63. The number of nitrogens with one attached hydrogen (secondary N) is 1. The zero-order valence-corrected chi connectivity index (χ0v) is 16.9. The van der Waals surface area contributed by atoms with E-state index in [9.17, 15) is 13.2 Å². The average molecular weight is 407 g/mol. The highest BCUT2D eigenvalue weighted by Gasteiger charge is 2.41. The number of methoxy groups -OCH3 is 2. The molecule has 1 aromatic rings. The van der Waals surface area contributed by atoms with E-state index >= 15 is 0 Å². The number of hydrogen-bond donors (Lipinski definition) is 2. The molecule has 0 radical (unpaired) electrons. The van der Waals surface area contributed by atoms with Crippen LogP contribution in [-0.2, 0) is 14.8 Å². The van der Waals surface area contributed by atoms with Crippen molar-refractivity contribution < 1.29 is 22.7 Å². The second-order valence-corrected chi connectivity index (χ2v) is 8.12. The van der Waals surface area contributed by atoms with Crippen LogP contribution in [0.3, 0.4) is 0 Å². The predicted molar refractivity (Wildman–Crippen MR) is 101 cm³/mol. The van der Waals surface area contributed by atoms with Gasteiger partial charge >= 0.3 is 5.97 Å². The molecule has 1 saturated carbocycles. The highest BCUT2D eigenvalue weighted by Crippen LogP contribution is 2.35. The average Bonchev–Trinajstić information content (AvgIpc) is 2.62. The molecule has 2 atom stereocenters. The van der Waals surface area contributed by atoms with Crippen LogP contribution in [0, 0.1) is 5.92 Å². The van der Waals surface area contributed by atoms with Crippen molar-refractivity contribution in [1.82, 2.24) is 4.72 Å². The standard InChI is InChI=1S/C17H26N2O5S.ClH/c1-12-6-4-5-9-17(12,11-18)19-25(21,22)15-8-7-13(16(20)24-3)10-14(15)23-2;/h7-8,10,12,19H,4-6,9,11,18H2,1-3H3;1H. The molecule has 7 nitrogen and oxygen atoms in total. The van der Waals surface area contributed by atoms with Gasteiger partial charge in [-0.05, 0) is 37.0 Å². The van der Waals surface area contributed by atoms with E-state index in [4.69, 9.17) is 10.5 Å². The number of rotatable bonds is 6. The second-order valence-electron chi connectivity index (χ2n) is 6.47. The third-order valence-electron chi connectivity index (χ3n) is 5.03. The molecule has 1 aromatic carbocycles. The van der Waals surface area contributed by atoms with Crippen molar-refractivity contribution >= 4 is 28.4 Å². The lowest BCUT2D eigenvalue weighted by Crippen LogP contribution is -2.58. The summed E-state index contributed by atoms with van der Waals surface area (Å²) in [5, 5.41) is 0. The van der Waals surface area contributed by atoms with Gasteiger partial charge in [0.15, 0.2) is 0 Å². The number of ether oxygens (including phenoxy) is 2. The maximum absolute atomic E-state index is 13.0. The summed E-state index contributed by atoms with van der Waals surface area (Å²) in [6.45, 7) is 2.25. The fourth-order valence-electron chi connectivity index (χ4n) is 3.37. The number of sulfonamides is 1. The van der Waals surface area contributed by atoms with E-state index in [2.05, 4.69) is 9.46 Å². The molecule has 148 valence electrons. The summed E-state index contributed by atoms with van der Waals surface area (Å²) in [7, 11) is -1.24. The summed E-state index contributed by atoms with van der Waals surface area (Å²) in [4.78, 5) is 11.6. The van der Waals surface area contributed by atoms with Gasteiger partial charge in [0.25, 0.3) is 0 Å². The van der Waals surface area contributed by atoms with Crippen LogP contribution < -0.4 is 15.2 Å². The predicted octanol–water partition coefficient (Wildman–Crippen LogP) is 2.09. The normalized spacial score (nSPS) is 23.0. The smallest absolute Gasteiger partial charge is 0.337 e. The Morgan fingerprint density at radius 2 is 2.04 bits per heavy atom. The van der Waals surface area contributed by atoms with Crippen LogP contribution in [0.25, 0.3) is 0 Å². The number of esters is 1. The van der Waals surface area contributed by atoms with Gasteiger partial charge in [-0.25, -0.2) is 17.9 Å². The first-order chi connectivity index (χ1) is 11.8. The second kappa shape index (κ2) is 9.03. The van der Waals surface area contributed by atoms with Gasteiger partial charge in [0.1, 0.15) is 10.6 Å². The first-order valence-corrected chi connectivity index (χ1v) is 9.78. The summed E-state index contributed by atoms with van der Waals surface area (Å²) < 4.78 is 38.6. The number of halogens is 1. The Balaban J connectivity index is 0.00000338. The lowest BCUT2D eigenvalue weighted by Gasteiger charge is -2.42. The number of carbonyl (C=O) groups is 1. The van der Waals surface area contributed by atoms with Crippen molar-refractivity contribution in [2.75, 3.05) is 20.8 Å². The molecule has 0 bridgehead atoms. The first kappa shape index (κ1) is 22.7. The van der Waals surface area contributed by atoms with E-state index in [1.54, 1.807) is 0 Å². The van der Waals surface area contributed by atoms with Crippen molar-refractivity contribution in [3.8, 4) is 5.75 Å². The molecule has 1 aliphatic carbocycles. The Morgan fingerprint density at radius 3 is 2.58 bits per heavy atom. The molecule has 0 spiro atoms. The largest absolute Gasteiger partial charge is 0.495 e. The molecule has 26 heavy (non-hydrogen) atoms. The summed E-state index contributed by atoms with van der Waals surface area (Å²) in [5.41, 5.74) is 5.50. The van der Waals surface area contributed by atoms with Gasteiger partial charge in [-0.2, -0.15) is 0 Å². The van der Waals surface area contributed by atoms with Gasteiger partial charge in [0, 0.05) is 12.1 Å². The monoisotopic (exact) mass is 406 g/mol. The molecule has 0 saturated heterocycles. The molecule has 1 fully saturated rings.